The SMILES string of the molecule is CCOC(=O)CCC(=O)NC(=S)Nc1ccc(C(=O)N(CC)c2cccc3ccccc23)cc1. The smallest absolute Gasteiger partial charge is 0.306 e. The van der Waals surface area contributed by atoms with Crippen LogP contribution in [0.15, 0.2) is 66.7 Å². The van der Waals surface area contributed by atoms with Crippen LogP contribution < -0.4 is 15.5 Å². The third-order valence-corrected chi connectivity index (χ3v) is 5.33. The highest BCUT2D eigenvalue weighted by atomic mass is 32.1. The lowest BCUT2D eigenvalue weighted by Crippen LogP contribution is -2.34. The molecule has 2 amide bonds. The zero-order chi connectivity index (χ0) is 24.5. The number of rotatable bonds is 8. The zero-order valence-electron chi connectivity index (χ0n) is 19.2. The molecular weight excluding hydrogens is 450 g/mol. The zero-order valence-corrected chi connectivity index (χ0v) is 20.0. The van der Waals surface area contributed by atoms with E-state index < -0.39 is 5.97 Å². The van der Waals surface area contributed by atoms with Crippen molar-refractivity contribution in [3.8, 4) is 0 Å². The van der Waals surface area contributed by atoms with Gasteiger partial charge in [0.1, 0.15) is 0 Å². The maximum absolute atomic E-state index is 13.3. The fourth-order valence-electron chi connectivity index (χ4n) is 3.52. The van der Waals surface area contributed by atoms with Gasteiger partial charge in [-0.05, 0) is 61.8 Å². The van der Waals surface area contributed by atoms with Crippen LogP contribution in [0.5, 0.6) is 0 Å². The highest BCUT2D eigenvalue weighted by Gasteiger charge is 2.18. The summed E-state index contributed by atoms with van der Waals surface area (Å²) in [6, 6.07) is 20.8. The molecule has 0 aliphatic heterocycles. The maximum Gasteiger partial charge on any atom is 0.306 e. The average molecular weight is 478 g/mol. The van der Waals surface area contributed by atoms with Gasteiger partial charge in [0, 0.05) is 29.6 Å². The van der Waals surface area contributed by atoms with Gasteiger partial charge in [0.2, 0.25) is 5.91 Å². The summed E-state index contributed by atoms with van der Waals surface area (Å²) in [6.07, 6.45) is -0.0289. The van der Waals surface area contributed by atoms with E-state index in [1.54, 1.807) is 36.1 Å². The van der Waals surface area contributed by atoms with E-state index in [0.717, 1.165) is 16.5 Å². The molecule has 0 aliphatic rings. The lowest BCUT2D eigenvalue weighted by Gasteiger charge is -2.23. The van der Waals surface area contributed by atoms with Crippen LogP contribution in [0.4, 0.5) is 11.4 Å². The van der Waals surface area contributed by atoms with Crippen LogP contribution in [0, 0.1) is 0 Å². The fraction of sp³-hybridized carbons (Fsp3) is 0.231. The Morgan fingerprint density at radius 2 is 1.62 bits per heavy atom. The fourth-order valence-corrected chi connectivity index (χ4v) is 3.75. The summed E-state index contributed by atoms with van der Waals surface area (Å²) >= 11 is 5.16. The molecule has 3 rings (SSSR count). The van der Waals surface area contributed by atoms with Gasteiger partial charge in [0.15, 0.2) is 5.11 Å². The van der Waals surface area contributed by atoms with E-state index >= 15 is 0 Å². The van der Waals surface area contributed by atoms with Crippen LogP contribution in [0.2, 0.25) is 0 Å². The Labute approximate surface area is 204 Å². The van der Waals surface area contributed by atoms with Crippen LogP contribution in [0.1, 0.15) is 37.0 Å². The van der Waals surface area contributed by atoms with E-state index in [9.17, 15) is 14.4 Å². The molecule has 3 aromatic carbocycles. The van der Waals surface area contributed by atoms with Crippen LogP contribution in [-0.4, -0.2) is 36.0 Å². The summed E-state index contributed by atoms with van der Waals surface area (Å²) in [7, 11) is 0. The first-order valence-corrected chi connectivity index (χ1v) is 11.5. The Hall–Kier alpha value is -3.78. The van der Waals surface area contributed by atoms with Crippen LogP contribution in [0.3, 0.4) is 0 Å². The summed E-state index contributed by atoms with van der Waals surface area (Å²) in [5, 5.41) is 7.64. The molecule has 0 spiro atoms. The molecule has 0 atom stereocenters. The highest BCUT2D eigenvalue weighted by Crippen LogP contribution is 2.28. The third-order valence-electron chi connectivity index (χ3n) is 5.12. The van der Waals surface area contributed by atoms with Crippen molar-refractivity contribution in [2.45, 2.75) is 26.7 Å². The molecule has 0 saturated carbocycles. The summed E-state index contributed by atoms with van der Waals surface area (Å²) in [6.45, 7) is 4.45. The van der Waals surface area contributed by atoms with Crippen molar-refractivity contribution in [3.63, 3.8) is 0 Å². The van der Waals surface area contributed by atoms with Gasteiger partial charge >= 0.3 is 5.97 Å². The molecule has 0 fully saturated rings. The van der Waals surface area contributed by atoms with Gasteiger partial charge in [-0.15, -0.1) is 0 Å². The molecule has 34 heavy (non-hydrogen) atoms. The first-order chi connectivity index (χ1) is 16.4. The number of amides is 2. The van der Waals surface area contributed by atoms with Gasteiger partial charge in [0.05, 0.1) is 18.7 Å². The second kappa shape index (κ2) is 11.9. The molecule has 0 aromatic heterocycles. The van der Waals surface area contributed by atoms with Crippen molar-refractivity contribution in [1.82, 2.24) is 5.32 Å². The number of carbonyl (C=O) groups excluding carboxylic acids is 3. The van der Waals surface area contributed by atoms with Crippen molar-refractivity contribution >= 4 is 57.3 Å². The minimum Gasteiger partial charge on any atom is -0.466 e. The third kappa shape index (κ3) is 6.39. The van der Waals surface area contributed by atoms with Gasteiger partial charge in [-0.2, -0.15) is 0 Å². The van der Waals surface area contributed by atoms with E-state index in [2.05, 4.69) is 10.6 Å². The second-order valence-electron chi connectivity index (χ2n) is 7.43. The van der Waals surface area contributed by atoms with Crippen molar-refractivity contribution in [3.05, 3.63) is 72.3 Å². The minimum absolute atomic E-state index is 0.0102. The Morgan fingerprint density at radius 3 is 2.32 bits per heavy atom. The molecule has 8 heteroatoms. The van der Waals surface area contributed by atoms with Gasteiger partial charge in [0.25, 0.3) is 5.91 Å². The molecule has 0 heterocycles. The van der Waals surface area contributed by atoms with E-state index in [0.29, 0.717) is 17.8 Å². The molecule has 3 aromatic rings. The van der Waals surface area contributed by atoms with Crippen LogP contribution >= 0.6 is 12.2 Å². The van der Waals surface area contributed by atoms with Crippen LogP contribution in [-0.2, 0) is 14.3 Å². The van der Waals surface area contributed by atoms with Crippen molar-refractivity contribution in [2.75, 3.05) is 23.4 Å². The number of benzene rings is 3. The molecule has 7 nitrogen and oxygen atoms in total. The minimum atomic E-state index is -0.429. The van der Waals surface area contributed by atoms with Gasteiger partial charge in [-0.3, -0.25) is 14.4 Å². The van der Waals surface area contributed by atoms with E-state index in [-0.39, 0.29) is 36.4 Å². The number of esters is 1. The molecular formula is C26H27N3O4S. The topological polar surface area (TPSA) is 87.7 Å². The number of anilines is 2. The largest absolute Gasteiger partial charge is 0.466 e. The normalized spacial score (nSPS) is 10.4. The van der Waals surface area contributed by atoms with E-state index in [4.69, 9.17) is 17.0 Å². The second-order valence-corrected chi connectivity index (χ2v) is 7.84. The Bertz CT molecular complexity index is 1190. The molecule has 0 aliphatic carbocycles. The number of carbonyl (C=O) groups is 3. The number of nitrogens with one attached hydrogen (secondary N) is 2. The standard InChI is InChI=1S/C26H27N3O4S/c1-3-29(22-11-7-9-18-8-5-6-10-21(18)22)25(32)19-12-14-20(15-13-19)27-26(34)28-23(30)16-17-24(31)33-4-2/h5-15H,3-4,16-17H2,1-2H3,(H2,27,28,30,34). The van der Waals surface area contributed by atoms with E-state index in [1.807, 2.05) is 49.4 Å². The number of fused-ring (bicyclic) bond motifs is 1. The number of thiocarbonyl (C=S) groups is 1. The highest BCUT2D eigenvalue weighted by molar-refractivity contribution is 7.80. The summed E-state index contributed by atoms with van der Waals surface area (Å²) in [5.41, 5.74) is 2.02. The summed E-state index contributed by atoms with van der Waals surface area (Å²) < 4.78 is 4.80. The lowest BCUT2D eigenvalue weighted by atomic mass is 10.1. The molecule has 0 radical (unpaired) electrons. The first-order valence-electron chi connectivity index (χ1n) is 11.1. The number of ether oxygens (including phenoxy) is 1. The van der Waals surface area contributed by atoms with Crippen molar-refractivity contribution < 1.29 is 19.1 Å². The Balaban J connectivity index is 1.63. The van der Waals surface area contributed by atoms with Gasteiger partial charge in [-0.1, -0.05) is 36.4 Å². The monoisotopic (exact) mass is 477 g/mol. The number of nitrogens with zero attached hydrogens (tertiary/aromatic N) is 1. The predicted octanol–water partition coefficient (Wildman–Crippen LogP) is 4.66. The molecule has 2 N–H and O–H groups in total. The predicted molar refractivity (Wildman–Crippen MR) is 138 cm³/mol. The Kier molecular flexibility index (Phi) is 8.70. The average Bonchev–Trinajstić information content (AvgIpc) is 2.84. The molecule has 176 valence electrons. The summed E-state index contributed by atoms with van der Waals surface area (Å²) in [5.74, 6) is -0.923. The van der Waals surface area contributed by atoms with Gasteiger partial charge in [-0.25, -0.2) is 0 Å². The number of hydrogen-bond acceptors (Lipinski definition) is 5. The quantitative estimate of drug-likeness (QED) is 0.362. The maximum atomic E-state index is 13.3. The van der Waals surface area contributed by atoms with Crippen molar-refractivity contribution in [2.24, 2.45) is 0 Å². The molecule has 0 bridgehead atoms. The number of hydrogen-bond donors (Lipinski definition) is 2. The van der Waals surface area contributed by atoms with Crippen LogP contribution in [0.25, 0.3) is 10.8 Å². The first kappa shape index (κ1) is 24.9. The van der Waals surface area contributed by atoms with Crippen molar-refractivity contribution in [1.29, 1.82) is 0 Å². The summed E-state index contributed by atoms with van der Waals surface area (Å²) in [4.78, 5) is 38.3. The Morgan fingerprint density at radius 1 is 0.912 bits per heavy atom. The van der Waals surface area contributed by atoms with Gasteiger partial charge < -0.3 is 20.3 Å². The van der Waals surface area contributed by atoms with E-state index in [1.165, 1.54) is 0 Å². The molecule has 0 unspecified atom stereocenters. The molecule has 0 saturated heterocycles. The lowest BCUT2D eigenvalue weighted by molar-refractivity contribution is -0.144.